The Morgan fingerprint density at radius 3 is 2.56 bits per heavy atom. The lowest BCUT2D eigenvalue weighted by Gasteiger charge is -2.44. The third kappa shape index (κ3) is 2.75. The van der Waals surface area contributed by atoms with Gasteiger partial charge in [0.15, 0.2) is 0 Å². The minimum atomic E-state index is -0.807. The van der Waals surface area contributed by atoms with Crippen molar-refractivity contribution in [2.45, 2.75) is 31.7 Å². The molecule has 0 radical (unpaired) electrons. The Hall–Kier alpha value is -1.30. The average molecular weight is 256 g/mol. The summed E-state index contributed by atoms with van der Waals surface area (Å²) in [6.07, 6.45) is 3.02. The number of rotatable bonds is 3. The first-order valence-electron chi connectivity index (χ1n) is 6.50. The summed E-state index contributed by atoms with van der Waals surface area (Å²) >= 11 is 0. The molecule has 6 nitrogen and oxygen atoms in total. The van der Waals surface area contributed by atoms with Crippen molar-refractivity contribution in [3.8, 4) is 0 Å². The fourth-order valence-electron chi connectivity index (χ4n) is 2.73. The van der Waals surface area contributed by atoms with E-state index in [1.165, 1.54) is 0 Å². The van der Waals surface area contributed by atoms with Gasteiger partial charge in [-0.2, -0.15) is 0 Å². The third-order valence-corrected chi connectivity index (χ3v) is 3.77. The molecule has 0 aromatic heterocycles. The summed E-state index contributed by atoms with van der Waals surface area (Å²) in [4.78, 5) is 26.1. The highest BCUT2D eigenvalue weighted by molar-refractivity contribution is 5.76. The molecule has 2 aliphatic heterocycles. The summed E-state index contributed by atoms with van der Waals surface area (Å²) in [5, 5.41) is 17.9. The molecule has 2 saturated heterocycles. The monoisotopic (exact) mass is 256 g/mol. The largest absolute Gasteiger partial charge is 0.481 e. The summed E-state index contributed by atoms with van der Waals surface area (Å²) in [6, 6.07) is -0.111. The molecule has 0 spiro atoms. The topological polar surface area (TPSA) is 81.1 Å². The van der Waals surface area contributed by atoms with Crippen LogP contribution in [0.4, 0.5) is 4.79 Å². The number of amides is 2. The van der Waals surface area contributed by atoms with Crippen LogP contribution >= 0.6 is 0 Å². The van der Waals surface area contributed by atoms with Gasteiger partial charge in [0.1, 0.15) is 0 Å². The van der Waals surface area contributed by atoms with Crippen LogP contribution < -0.4 is 0 Å². The van der Waals surface area contributed by atoms with E-state index in [2.05, 4.69) is 0 Å². The summed E-state index contributed by atoms with van der Waals surface area (Å²) in [6.45, 7) is 1.77. The van der Waals surface area contributed by atoms with Crippen LogP contribution in [0.15, 0.2) is 0 Å². The summed E-state index contributed by atoms with van der Waals surface area (Å²) < 4.78 is 0. The van der Waals surface area contributed by atoms with Crippen LogP contribution in [0.1, 0.15) is 25.7 Å². The summed E-state index contributed by atoms with van der Waals surface area (Å²) in [5.74, 6) is -0.720. The van der Waals surface area contributed by atoms with Crippen LogP contribution in [0, 0.1) is 5.92 Å². The molecule has 0 aliphatic carbocycles. The maximum absolute atomic E-state index is 12.2. The Morgan fingerprint density at radius 1 is 1.22 bits per heavy atom. The van der Waals surface area contributed by atoms with E-state index in [4.69, 9.17) is 5.11 Å². The molecule has 2 aliphatic rings. The summed E-state index contributed by atoms with van der Waals surface area (Å²) in [5.41, 5.74) is 0. The van der Waals surface area contributed by atoms with Crippen LogP contribution in [0.3, 0.4) is 0 Å². The first-order valence-corrected chi connectivity index (χ1v) is 6.50. The standard InChI is InChI=1S/C12H20N2O4/c15-8-10-3-1-2-4-14(10)12(18)13-6-9(7-13)5-11(16)17/h9-10,15H,1-8H2,(H,16,17). The lowest BCUT2D eigenvalue weighted by Crippen LogP contribution is -2.58. The SMILES string of the molecule is O=C(O)CC1CN(C(=O)N2CCCCC2CO)C1. The number of hydrogen-bond acceptors (Lipinski definition) is 3. The van der Waals surface area contributed by atoms with Crippen molar-refractivity contribution in [3.05, 3.63) is 0 Å². The molecular weight excluding hydrogens is 236 g/mol. The Labute approximate surface area is 106 Å². The minimum Gasteiger partial charge on any atom is -0.481 e. The number of carbonyl (C=O) groups is 2. The number of carboxylic acids is 1. The van der Waals surface area contributed by atoms with Crippen molar-refractivity contribution in [2.75, 3.05) is 26.2 Å². The predicted molar refractivity (Wildman–Crippen MR) is 64.1 cm³/mol. The van der Waals surface area contributed by atoms with Crippen LogP contribution in [0.5, 0.6) is 0 Å². The molecule has 2 amide bonds. The van der Waals surface area contributed by atoms with Crippen molar-refractivity contribution in [1.29, 1.82) is 0 Å². The Morgan fingerprint density at radius 2 is 1.94 bits per heavy atom. The normalized spacial score (nSPS) is 24.8. The Kier molecular flexibility index (Phi) is 4.06. The van der Waals surface area contributed by atoms with Gasteiger partial charge in [-0.1, -0.05) is 0 Å². The van der Waals surface area contributed by atoms with Gasteiger partial charge in [-0.15, -0.1) is 0 Å². The smallest absolute Gasteiger partial charge is 0.320 e. The molecule has 0 aromatic carbocycles. The highest BCUT2D eigenvalue weighted by atomic mass is 16.4. The number of urea groups is 1. The van der Waals surface area contributed by atoms with E-state index in [0.717, 1.165) is 19.3 Å². The molecule has 1 atom stereocenters. The van der Waals surface area contributed by atoms with Gasteiger partial charge in [-0.05, 0) is 19.3 Å². The number of likely N-dealkylation sites (tertiary alicyclic amines) is 2. The van der Waals surface area contributed by atoms with Crippen LogP contribution in [-0.2, 0) is 4.79 Å². The van der Waals surface area contributed by atoms with Gasteiger partial charge in [0.2, 0.25) is 0 Å². The number of aliphatic hydroxyl groups excluding tert-OH is 1. The second kappa shape index (κ2) is 5.56. The molecule has 2 heterocycles. The number of carboxylic acid groups (broad SMARTS) is 1. The maximum Gasteiger partial charge on any atom is 0.320 e. The minimum absolute atomic E-state index is 0.0120. The predicted octanol–water partition coefficient (Wildman–Crippen LogP) is 0.360. The van der Waals surface area contributed by atoms with E-state index in [1.807, 2.05) is 0 Å². The van der Waals surface area contributed by atoms with Gasteiger partial charge in [-0.3, -0.25) is 4.79 Å². The fourth-order valence-corrected chi connectivity index (χ4v) is 2.73. The van der Waals surface area contributed by atoms with Crippen molar-refractivity contribution in [1.82, 2.24) is 9.80 Å². The van der Waals surface area contributed by atoms with E-state index in [9.17, 15) is 14.7 Å². The second-order valence-corrected chi connectivity index (χ2v) is 5.18. The van der Waals surface area contributed by atoms with Crippen molar-refractivity contribution >= 4 is 12.0 Å². The Bertz CT molecular complexity index is 328. The average Bonchev–Trinajstić information content (AvgIpc) is 2.32. The molecular formula is C12H20N2O4. The maximum atomic E-state index is 12.2. The zero-order valence-corrected chi connectivity index (χ0v) is 10.4. The van der Waals surface area contributed by atoms with Crippen LogP contribution in [0.25, 0.3) is 0 Å². The van der Waals surface area contributed by atoms with E-state index < -0.39 is 5.97 Å². The molecule has 2 rings (SSSR count). The van der Waals surface area contributed by atoms with Crippen LogP contribution in [-0.4, -0.2) is 64.3 Å². The number of aliphatic hydroxyl groups is 1. The van der Waals surface area contributed by atoms with Gasteiger partial charge in [0, 0.05) is 25.6 Å². The lowest BCUT2D eigenvalue weighted by molar-refractivity contribution is -0.139. The van der Waals surface area contributed by atoms with Gasteiger partial charge in [0.25, 0.3) is 0 Å². The van der Waals surface area contributed by atoms with Crippen molar-refractivity contribution in [3.63, 3.8) is 0 Å². The van der Waals surface area contributed by atoms with Gasteiger partial charge in [0.05, 0.1) is 19.1 Å². The van der Waals surface area contributed by atoms with E-state index in [0.29, 0.717) is 19.6 Å². The number of carbonyl (C=O) groups excluding carboxylic acids is 1. The molecule has 6 heteroatoms. The molecule has 2 N–H and O–H groups in total. The molecule has 2 fully saturated rings. The van der Waals surface area contributed by atoms with E-state index >= 15 is 0 Å². The zero-order chi connectivity index (χ0) is 13.1. The van der Waals surface area contributed by atoms with E-state index in [-0.39, 0.29) is 31.0 Å². The van der Waals surface area contributed by atoms with E-state index in [1.54, 1.807) is 9.80 Å². The molecule has 18 heavy (non-hydrogen) atoms. The van der Waals surface area contributed by atoms with Crippen LogP contribution in [0.2, 0.25) is 0 Å². The first-order chi connectivity index (χ1) is 8.61. The fraction of sp³-hybridized carbons (Fsp3) is 0.833. The molecule has 0 aromatic rings. The number of aliphatic carboxylic acids is 1. The molecule has 1 unspecified atom stereocenters. The van der Waals surface area contributed by atoms with Crippen molar-refractivity contribution < 1.29 is 19.8 Å². The second-order valence-electron chi connectivity index (χ2n) is 5.18. The van der Waals surface area contributed by atoms with Gasteiger partial charge >= 0.3 is 12.0 Å². The quantitative estimate of drug-likeness (QED) is 0.764. The molecule has 102 valence electrons. The molecule has 0 bridgehead atoms. The Balaban J connectivity index is 1.83. The molecule has 0 saturated carbocycles. The number of hydrogen-bond donors (Lipinski definition) is 2. The zero-order valence-electron chi connectivity index (χ0n) is 10.4. The highest BCUT2D eigenvalue weighted by Crippen LogP contribution is 2.24. The number of nitrogens with zero attached hydrogens (tertiary/aromatic N) is 2. The van der Waals surface area contributed by atoms with Crippen molar-refractivity contribution in [2.24, 2.45) is 5.92 Å². The lowest BCUT2D eigenvalue weighted by atomic mass is 9.96. The van der Waals surface area contributed by atoms with Gasteiger partial charge in [-0.25, -0.2) is 4.79 Å². The number of piperidine rings is 1. The summed E-state index contributed by atoms with van der Waals surface area (Å²) in [7, 11) is 0. The van der Waals surface area contributed by atoms with Gasteiger partial charge < -0.3 is 20.0 Å². The first kappa shape index (κ1) is 13.1. The highest BCUT2D eigenvalue weighted by Gasteiger charge is 2.37. The third-order valence-electron chi connectivity index (χ3n) is 3.77.